The number of hydrogen-bond acceptors (Lipinski definition) is 2. The van der Waals surface area contributed by atoms with Gasteiger partial charge in [0.1, 0.15) is 0 Å². The molecule has 0 saturated heterocycles. The van der Waals surface area contributed by atoms with Gasteiger partial charge < -0.3 is 10.6 Å². The third kappa shape index (κ3) is 6.06. The van der Waals surface area contributed by atoms with Crippen molar-refractivity contribution in [1.29, 1.82) is 0 Å². The van der Waals surface area contributed by atoms with Gasteiger partial charge in [-0.3, -0.25) is 0 Å². The lowest BCUT2D eigenvalue weighted by Crippen LogP contribution is -2.40. The summed E-state index contributed by atoms with van der Waals surface area (Å²) in [5, 5.41) is 7.68. The highest BCUT2D eigenvalue weighted by atomic mass is 35.5. The van der Waals surface area contributed by atoms with E-state index in [0.717, 1.165) is 30.2 Å². The van der Waals surface area contributed by atoms with Crippen molar-refractivity contribution in [2.45, 2.75) is 39.8 Å². The van der Waals surface area contributed by atoms with E-state index in [9.17, 15) is 0 Å². The van der Waals surface area contributed by atoms with Gasteiger partial charge in [-0.2, -0.15) is 0 Å². The molecule has 2 N–H and O–H groups in total. The molecule has 3 heteroatoms. The molecule has 0 fully saturated rings. The lowest BCUT2D eigenvalue weighted by Gasteiger charge is -2.20. The molecule has 0 radical (unpaired) electrons. The first-order valence-corrected chi connectivity index (χ1v) is 6.47. The number of hydrogen-bond donors (Lipinski definition) is 2. The van der Waals surface area contributed by atoms with Crippen molar-refractivity contribution in [3.8, 4) is 0 Å². The first kappa shape index (κ1) is 14.5. The molecule has 17 heavy (non-hydrogen) atoms. The van der Waals surface area contributed by atoms with Gasteiger partial charge in [0.2, 0.25) is 0 Å². The predicted octanol–water partition coefficient (Wildman–Crippen LogP) is 3.13. The Kier molecular flexibility index (Phi) is 5.44. The summed E-state index contributed by atoms with van der Waals surface area (Å²) in [5.74, 6) is 0. The second kappa shape index (κ2) is 6.39. The maximum absolute atomic E-state index is 6.07. The zero-order chi connectivity index (χ0) is 12.9. The van der Waals surface area contributed by atoms with Gasteiger partial charge in [-0.1, -0.05) is 23.7 Å². The first-order chi connectivity index (χ1) is 7.88. The molecule has 0 aliphatic heterocycles. The Morgan fingerprint density at radius 2 is 1.88 bits per heavy atom. The molecule has 0 aliphatic carbocycles. The molecular weight excluding hydrogens is 232 g/mol. The van der Waals surface area contributed by atoms with Crippen LogP contribution in [0.15, 0.2) is 18.2 Å². The fourth-order valence-electron chi connectivity index (χ4n) is 1.50. The topological polar surface area (TPSA) is 24.1 Å². The van der Waals surface area contributed by atoms with Crippen LogP contribution in [0.2, 0.25) is 5.02 Å². The third-order valence-corrected chi connectivity index (χ3v) is 2.93. The Morgan fingerprint density at radius 1 is 1.18 bits per heavy atom. The molecule has 1 aromatic rings. The molecule has 0 aliphatic rings. The molecule has 0 bridgehead atoms. The predicted molar refractivity (Wildman–Crippen MR) is 75.7 cm³/mol. The van der Waals surface area contributed by atoms with E-state index in [1.807, 2.05) is 13.0 Å². The average Bonchev–Trinajstić information content (AvgIpc) is 2.21. The van der Waals surface area contributed by atoms with Crippen LogP contribution in [0.4, 0.5) is 0 Å². The van der Waals surface area contributed by atoms with Gasteiger partial charge in [-0.25, -0.2) is 0 Å². The maximum Gasteiger partial charge on any atom is 0.0438 e. The quantitative estimate of drug-likeness (QED) is 0.789. The normalized spacial score (nSPS) is 11.8. The minimum absolute atomic E-state index is 0.189. The van der Waals surface area contributed by atoms with Crippen molar-refractivity contribution in [3.63, 3.8) is 0 Å². The second-order valence-corrected chi connectivity index (χ2v) is 5.84. The lowest BCUT2D eigenvalue weighted by molar-refractivity contribution is 0.421. The number of benzene rings is 1. The molecule has 2 nitrogen and oxygen atoms in total. The van der Waals surface area contributed by atoms with Crippen LogP contribution >= 0.6 is 11.6 Å². The van der Waals surface area contributed by atoms with E-state index in [0.29, 0.717) is 0 Å². The van der Waals surface area contributed by atoms with Gasteiger partial charge in [0.05, 0.1) is 0 Å². The van der Waals surface area contributed by atoms with E-state index in [1.165, 1.54) is 5.56 Å². The zero-order valence-electron chi connectivity index (χ0n) is 11.2. The molecular formula is C14H23ClN2. The highest BCUT2D eigenvalue weighted by Crippen LogP contribution is 2.16. The van der Waals surface area contributed by atoms with Gasteiger partial charge in [0.25, 0.3) is 0 Å². The second-order valence-electron chi connectivity index (χ2n) is 5.44. The summed E-state index contributed by atoms with van der Waals surface area (Å²) in [6.45, 7) is 11.3. The van der Waals surface area contributed by atoms with Gasteiger partial charge in [0, 0.05) is 30.2 Å². The van der Waals surface area contributed by atoms with Gasteiger partial charge in [0.15, 0.2) is 0 Å². The SMILES string of the molecule is Cc1ccc(CNCCNC(C)(C)C)cc1Cl. The monoisotopic (exact) mass is 254 g/mol. The molecule has 1 aromatic carbocycles. The summed E-state index contributed by atoms with van der Waals surface area (Å²) in [4.78, 5) is 0. The number of nitrogens with one attached hydrogen (secondary N) is 2. The Morgan fingerprint density at radius 3 is 2.47 bits per heavy atom. The Bertz CT molecular complexity index is 356. The molecule has 0 aromatic heterocycles. The van der Waals surface area contributed by atoms with Gasteiger partial charge in [-0.15, -0.1) is 0 Å². The largest absolute Gasteiger partial charge is 0.311 e. The van der Waals surface area contributed by atoms with Crippen LogP contribution in [-0.2, 0) is 6.54 Å². The summed E-state index contributed by atoms with van der Waals surface area (Å²) >= 11 is 6.07. The minimum Gasteiger partial charge on any atom is -0.311 e. The van der Waals surface area contributed by atoms with Gasteiger partial charge in [-0.05, 0) is 44.9 Å². The summed E-state index contributed by atoms with van der Waals surface area (Å²) in [5.41, 5.74) is 2.55. The average molecular weight is 255 g/mol. The third-order valence-electron chi connectivity index (χ3n) is 2.52. The summed E-state index contributed by atoms with van der Waals surface area (Å²) in [6, 6.07) is 6.21. The Labute approximate surface area is 110 Å². The van der Waals surface area contributed by atoms with Crippen molar-refractivity contribution in [3.05, 3.63) is 34.3 Å². The van der Waals surface area contributed by atoms with E-state index in [1.54, 1.807) is 0 Å². The number of aryl methyl sites for hydroxylation is 1. The molecule has 96 valence electrons. The Hall–Kier alpha value is -0.570. The summed E-state index contributed by atoms with van der Waals surface area (Å²) < 4.78 is 0. The van der Waals surface area contributed by atoms with Crippen LogP contribution in [0.3, 0.4) is 0 Å². The van der Waals surface area contributed by atoms with E-state index in [2.05, 4.69) is 43.5 Å². The highest BCUT2D eigenvalue weighted by Gasteiger charge is 2.06. The van der Waals surface area contributed by atoms with Gasteiger partial charge >= 0.3 is 0 Å². The standard InChI is InChI=1S/C14H23ClN2/c1-11-5-6-12(9-13(11)15)10-16-7-8-17-14(2,3)4/h5-6,9,16-17H,7-8,10H2,1-4H3. The van der Waals surface area contributed by atoms with Crippen LogP contribution in [0.25, 0.3) is 0 Å². The molecule has 0 heterocycles. The van der Waals surface area contributed by atoms with E-state index < -0.39 is 0 Å². The fraction of sp³-hybridized carbons (Fsp3) is 0.571. The van der Waals surface area contributed by atoms with E-state index >= 15 is 0 Å². The minimum atomic E-state index is 0.189. The summed E-state index contributed by atoms with van der Waals surface area (Å²) in [6.07, 6.45) is 0. The molecule has 0 atom stereocenters. The molecule has 0 spiro atoms. The highest BCUT2D eigenvalue weighted by molar-refractivity contribution is 6.31. The van der Waals surface area contributed by atoms with Crippen LogP contribution < -0.4 is 10.6 Å². The first-order valence-electron chi connectivity index (χ1n) is 6.09. The van der Waals surface area contributed by atoms with Crippen molar-refractivity contribution >= 4 is 11.6 Å². The van der Waals surface area contributed by atoms with Crippen molar-refractivity contribution in [2.24, 2.45) is 0 Å². The molecule has 0 saturated carbocycles. The smallest absolute Gasteiger partial charge is 0.0438 e. The zero-order valence-corrected chi connectivity index (χ0v) is 12.0. The van der Waals surface area contributed by atoms with Crippen LogP contribution in [0, 0.1) is 6.92 Å². The lowest BCUT2D eigenvalue weighted by atomic mass is 10.1. The van der Waals surface area contributed by atoms with E-state index in [-0.39, 0.29) is 5.54 Å². The van der Waals surface area contributed by atoms with E-state index in [4.69, 9.17) is 11.6 Å². The van der Waals surface area contributed by atoms with Crippen molar-refractivity contribution < 1.29 is 0 Å². The fourth-order valence-corrected chi connectivity index (χ4v) is 1.71. The molecule has 0 unspecified atom stereocenters. The van der Waals surface area contributed by atoms with Crippen LogP contribution in [0.5, 0.6) is 0 Å². The van der Waals surface area contributed by atoms with Crippen molar-refractivity contribution in [2.75, 3.05) is 13.1 Å². The van der Waals surface area contributed by atoms with Crippen LogP contribution in [-0.4, -0.2) is 18.6 Å². The number of halogens is 1. The molecule has 1 rings (SSSR count). The molecule has 0 amide bonds. The Balaban J connectivity index is 2.25. The number of rotatable bonds is 5. The summed E-state index contributed by atoms with van der Waals surface area (Å²) in [7, 11) is 0. The maximum atomic E-state index is 6.07. The van der Waals surface area contributed by atoms with Crippen LogP contribution in [0.1, 0.15) is 31.9 Å². The van der Waals surface area contributed by atoms with Crippen molar-refractivity contribution in [1.82, 2.24) is 10.6 Å².